The van der Waals surface area contributed by atoms with E-state index in [9.17, 15) is 0 Å². The SMILES string of the molecule is NNC(=Nc1ccccc1)c1ccc(Cl)cc1. The highest BCUT2D eigenvalue weighted by atomic mass is 35.5. The molecule has 0 aliphatic carbocycles. The first kappa shape index (κ1) is 11.6. The molecule has 2 aromatic carbocycles. The summed E-state index contributed by atoms with van der Waals surface area (Å²) in [5.74, 6) is 6.08. The van der Waals surface area contributed by atoms with Crippen molar-refractivity contribution in [3.63, 3.8) is 0 Å². The minimum Gasteiger partial charge on any atom is -0.308 e. The van der Waals surface area contributed by atoms with Crippen LogP contribution in [0.2, 0.25) is 5.02 Å². The molecule has 3 N–H and O–H groups in total. The zero-order valence-corrected chi connectivity index (χ0v) is 9.85. The standard InChI is InChI=1S/C13H12ClN3/c14-11-8-6-10(7-9-11)13(17-15)16-12-4-2-1-3-5-12/h1-9H,15H2,(H,16,17). The number of hydrogen-bond donors (Lipinski definition) is 2. The number of hydrogen-bond acceptors (Lipinski definition) is 2. The Morgan fingerprint density at radius 3 is 2.24 bits per heavy atom. The van der Waals surface area contributed by atoms with E-state index < -0.39 is 0 Å². The van der Waals surface area contributed by atoms with E-state index >= 15 is 0 Å². The largest absolute Gasteiger partial charge is 0.308 e. The van der Waals surface area contributed by atoms with Gasteiger partial charge < -0.3 is 5.43 Å². The zero-order chi connectivity index (χ0) is 12.1. The van der Waals surface area contributed by atoms with Crippen LogP contribution in [-0.2, 0) is 0 Å². The Morgan fingerprint density at radius 2 is 1.65 bits per heavy atom. The maximum Gasteiger partial charge on any atom is 0.147 e. The second-order valence-corrected chi connectivity index (χ2v) is 3.88. The zero-order valence-electron chi connectivity index (χ0n) is 9.10. The van der Waals surface area contributed by atoms with Crippen LogP contribution in [-0.4, -0.2) is 5.84 Å². The number of nitrogens with zero attached hydrogens (tertiary/aromatic N) is 1. The first-order valence-electron chi connectivity index (χ1n) is 5.16. The van der Waals surface area contributed by atoms with Crippen LogP contribution in [0.15, 0.2) is 59.6 Å². The predicted molar refractivity (Wildman–Crippen MR) is 71.4 cm³/mol. The van der Waals surface area contributed by atoms with Crippen LogP contribution in [0.25, 0.3) is 0 Å². The molecular weight excluding hydrogens is 234 g/mol. The lowest BCUT2D eigenvalue weighted by molar-refractivity contribution is 1.02. The Hall–Kier alpha value is -1.84. The highest BCUT2D eigenvalue weighted by Gasteiger charge is 2.01. The molecule has 0 saturated heterocycles. The molecule has 0 radical (unpaired) electrons. The van der Waals surface area contributed by atoms with Gasteiger partial charge in [0.2, 0.25) is 0 Å². The maximum absolute atomic E-state index is 5.83. The van der Waals surface area contributed by atoms with Crippen molar-refractivity contribution in [1.29, 1.82) is 0 Å². The maximum atomic E-state index is 5.83. The summed E-state index contributed by atoms with van der Waals surface area (Å²) < 4.78 is 0. The summed E-state index contributed by atoms with van der Waals surface area (Å²) in [6, 6.07) is 16.9. The Balaban J connectivity index is 2.34. The van der Waals surface area contributed by atoms with E-state index in [0.717, 1.165) is 11.3 Å². The van der Waals surface area contributed by atoms with E-state index in [4.69, 9.17) is 17.4 Å². The molecule has 2 rings (SSSR count). The van der Waals surface area contributed by atoms with E-state index in [1.54, 1.807) is 12.1 Å². The Labute approximate surface area is 105 Å². The van der Waals surface area contributed by atoms with Gasteiger partial charge in [0, 0.05) is 10.6 Å². The van der Waals surface area contributed by atoms with Gasteiger partial charge in [-0.25, -0.2) is 10.8 Å². The van der Waals surface area contributed by atoms with E-state index in [1.807, 2.05) is 42.5 Å². The second-order valence-electron chi connectivity index (χ2n) is 3.45. The van der Waals surface area contributed by atoms with Gasteiger partial charge in [-0.05, 0) is 36.4 Å². The van der Waals surface area contributed by atoms with E-state index in [-0.39, 0.29) is 0 Å². The third-order valence-corrected chi connectivity index (χ3v) is 2.50. The van der Waals surface area contributed by atoms with Crippen LogP contribution in [0.4, 0.5) is 5.69 Å². The fourth-order valence-corrected chi connectivity index (χ4v) is 1.55. The molecule has 0 spiro atoms. The lowest BCUT2D eigenvalue weighted by Gasteiger charge is -2.05. The average Bonchev–Trinajstić information content (AvgIpc) is 2.38. The third kappa shape index (κ3) is 3.06. The van der Waals surface area contributed by atoms with Crippen molar-refractivity contribution in [2.24, 2.45) is 10.8 Å². The average molecular weight is 246 g/mol. The summed E-state index contributed by atoms with van der Waals surface area (Å²) in [7, 11) is 0. The first-order chi connectivity index (χ1) is 8.29. The number of aliphatic imine (C=N–C) groups is 1. The lowest BCUT2D eigenvalue weighted by Crippen LogP contribution is -2.30. The number of rotatable bonds is 2. The van der Waals surface area contributed by atoms with Gasteiger partial charge in [0.25, 0.3) is 0 Å². The molecule has 0 fully saturated rings. The minimum absolute atomic E-state index is 0.605. The molecule has 0 amide bonds. The van der Waals surface area contributed by atoms with E-state index in [0.29, 0.717) is 10.9 Å². The molecular formula is C13H12ClN3. The van der Waals surface area contributed by atoms with Gasteiger partial charge in [0.1, 0.15) is 5.84 Å². The molecule has 0 atom stereocenters. The molecule has 0 aliphatic heterocycles. The van der Waals surface area contributed by atoms with Gasteiger partial charge in [0.15, 0.2) is 0 Å². The monoisotopic (exact) mass is 245 g/mol. The van der Waals surface area contributed by atoms with Gasteiger partial charge in [-0.1, -0.05) is 29.8 Å². The van der Waals surface area contributed by atoms with Crippen LogP contribution in [0.3, 0.4) is 0 Å². The van der Waals surface area contributed by atoms with Crippen molar-refractivity contribution in [3.8, 4) is 0 Å². The number of hydrazine groups is 1. The van der Waals surface area contributed by atoms with Crippen molar-refractivity contribution in [3.05, 3.63) is 65.2 Å². The van der Waals surface area contributed by atoms with Gasteiger partial charge in [-0.2, -0.15) is 0 Å². The van der Waals surface area contributed by atoms with Gasteiger partial charge in [-0.3, -0.25) is 0 Å². The molecule has 0 heterocycles. The van der Waals surface area contributed by atoms with Crippen molar-refractivity contribution in [1.82, 2.24) is 5.43 Å². The summed E-state index contributed by atoms with van der Waals surface area (Å²) in [5.41, 5.74) is 4.33. The molecule has 4 heteroatoms. The Kier molecular flexibility index (Phi) is 3.75. The molecule has 0 aliphatic rings. The summed E-state index contributed by atoms with van der Waals surface area (Å²) in [6.07, 6.45) is 0. The number of amidine groups is 1. The van der Waals surface area contributed by atoms with Crippen molar-refractivity contribution in [2.75, 3.05) is 0 Å². The summed E-state index contributed by atoms with van der Waals surface area (Å²) in [6.45, 7) is 0. The smallest absolute Gasteiger partial charge is 0.147 e. The highest BCUT2D eigenvalue weighted by molar-refractivity contribution is 6.30. The van der Waals surface area contributed by atoms with E-state index in [1.165, 1.54) is 0 Å². The lowest BCUT2D eigenvalue weighted by atomic mass is 10.2. The number of halogens is 1. The number of benzene rings is 2. The molecule has 0 saturated carbocycles. The Morgan fingerprint density at radius 1 is 1.00 bits per heavy atom. The molecule has 3 nitrogen and oxygen atoms in total. The molecule has 0 bridgehead atoms. The van der Waals surface area contributed by atoms with Crippen LogP contribution in [0.1, 0.15) is 5.56 Å². The minimum atomic E-state index is 0.605. The highest BCUT2D eigenvalue weighted by Crippen LogP contribution is 2.14. The molecule has 86 valence electrons. The van der Waals surface area contributed by atoms with Crippen molar-refractivity contribution < 1.29 is 0 Å². The van der Waals surface area contributed by atoms with Gasteiger partial charge >= 0.3 is 0 Å². The van der Waals surface area contributed by atoms with Crippen molar-refractivity contribution in [2.45, 2.75) is 0 Å². The normalized spacial score (nSPS) is 11.3. The fraction of sp³-hybridized carbons (Fsp3) is 0. The third-order valence-electron chi connectivity index (χ3n) is 2.25. The number of nitrogens with one attached hydrogen (secondary N) is 1. The van der Waals surface area contributed by atoms with E-state index in [2.05, 4.69) is 10.4 Å². The molecule has 2 aromatic rings. The van der Waals surface area contributed by atoms with Gasteiger partial charge in [0.05, 0.1) is 5.69 Å². The fourth-order valence-electron chi connectivity index (χ4n) is 1.42. The van der Waals surface area contributed by atoms with Crippen molar-refractivity contribution >= 4 is 23.1 Å². The molecule has 0 aromatic heterocycles. The summed E-state index contributed by atoms with van der Waals surface area (Å²) in [4.78, 5) is 4.41. The second kappa shape index (κ2) is 5.48. The topological polar surface area (TPSA) is 50.4 Å². The quantitative estimate of drug-likeness (QED) is 0.370. The molecule has 0 unspecified atom stereocenters. The van der Waals surface area contributed by atoms with Crippen LogP contribution < -0.4 is 11.3 Å². The number of para-hydroxylation sites is 1. The predicted octanol–water partition coefficient (Wildman–Crippen LogP) is 2.88. The van der Waals surface area contributed by atoms with Crippen LogP contribution >= 0.6 is 11.6 Å². The number of nitrogens with two attached hydrogens (primary N) is 1. The summed E-state index contributed by atoms with van der Waals surface area (Å²) >= 11 is 5.83. The summed E-state index contributed by atoms with van der Waals surface area (Å²) in [5, 5.41) is 0.685. The van der Waals surface area contributed by atoms with Crippen LogP contribution in [0, 0.1) is 0 Å². The molecule has 17 heavy (non-hydrogen) atoms. The first-order valence-corrected chi connectivity index (χ1v) is 5.53. The van der Waals surface area contributed by atoms with Gasteiger partial charge in [-0.15, -0.1) is 0 Å². The van der Waals surface area contributed by atoms with Crippen LogP contribution in [0.5, 0.6) is 0 Å². The Bertz CT molecular complexity index is 506.